The lowest BCUT2D eigenvalue weighted by Crippen LogP contribution is -1.87. The summed E-state index contributed by atoms with van der Waals surface area (Å²) in [5.41, 5.74) is 0. The highest BCUT2D eigenvalue weighted by atomic mass is 32.1. The average molecular weight is 151 g/mol. The Morgan fingerprint density at radius 2 is 2.60 bits per heavy atom. The second-order valence-electron chi connectivity index (χ2n) is 2.11. The van der Waals surface area contributed by atoms with Gasteiger partial charge in [-0.05, 0) is 17.9 Å². The number of hydrogen-bond acceptors (Lipinski definition) is 2. The first-order valence-electron chi connectivity index (χ1n) is 3.31. The summed E-state index contributed by atoms with van der Waals surface area (Å²) in [6.07, 6.45) is 0.914. The molecule has 1 aromatic rings. The minimum absolute atomic E-state index is 0.111. The van der Waals surface area contributed by atoms with Crippen LogP contribution in [0.3, 0.4) is 0 Å². The largest absolute Gasteiger partial charge is 0.198 e. The van der Waals surface area contributed by atoms with E-state index in [4.69, 9.17) is 5.26 Å². The molecule has 52 valence electrons. The Morgan fingerprint density at radius 3 is 3.00 bits per heavy atom. The van der Waals surface area contributed by atoms with Gasteiger partial charge in [-0.25, -0.2) is 0 Å². The van der Waals surface area contributed by atoms with Gasteiger partial charge in [-0.1, -0.05) is 13.0 Å². The van der Waals surface area contributed by atoms with Gasteiger partial charge in [-0.3, -0.25) is 0 Å². The third-order valence-corrected chi connectivity index (χ3v) is 2.44. The molecule has 0 amide bonds. The van der Waals surface area contributed by atoms with Crippen LogP contribution in [0.2, 0.25) is 0 Å². The fourth-order valence-electron chi connectivity index (χ4n) is 0.846. The Morgan fingerprint density at radius 1 is 1.80 bits per heavy atom. The molecule has 0 aliphatic heterocycles. The van der Waals surface area contributed by atoms with Gasteiger partial charge in [0.1, 0.15) is 0 Å². The van der Waals surface area contributed by atoms with Gasteiger partial charge in [0.15, 0.2) is 0 Å². The van der Waals surface area contributed by atoms with E-state index in [9.17, 15) is 0 Å². The lowest BCUT2D eigenvalue weighted by atomic mass is 10.1. The van der Waals surface area contributed by atoms with E-state index in [1.165, 1.54) is 4.88 Å². The Labute approximate surface area is 64.9 Å². The van der Waals surface area contributed by atoms with Crippen molar-refractivity contribution in [3.63, 3.8) is 0 Å². The Kier molecular flexibility index (Phi) is 2.47. The van der Waals surface area contributed by atoms with Crippen LogP contribution in [0.4, 0.5) is 0 Å². The summed E-state index contributed by atoms with van der Waals surface area (Å²) in [4.78, 5) is 1.19. The van der Waals surface area contributed by atoms with Gasteiger partial charge in [-0.2, -0.15) is 5.26 Å². The summed E-state index contributed by atoms with van der Waals surface area (Å²) in [5, 5.41) is 10.7. The lowest BCUT2D eigenvalue weighted by molar-refractivity contribution is 0.834. The highest BCUT2D eigenvalue weighted by molar-refractivity contribution is 7.10. The van der Waals surface area contributed by atoms with E-state index in [0.29, 0.717) is 0 Å². The molecule has 1 unspecified atom stereocenters. The Balaban J connectivity index is 2.76. The molecular formula is C8H9NS. The number of hydrogen-bond donors (Lipinski definition) is 0. The van der Waals surface area contributed by atoms with Crippen LogP contribution in [0.15, 0.2) is 17.5 Å². The third kappa shape index (κ3) is 1.37. The minimum Gasteiger partial charge on any atom is -0.198 e. The Bertz CT molecular complexity index is 220. The van der Waals surface area contributed by atoms with E-state index >= 15 is 0 Å². The van der Waals surface area contributed by atoms with Gasteiger partial charge in [-0.15, -0.1) is 11.3 Å². The van der Waals surface area contributed by atoms with Gasteiger partial charge >= 0.3 is 0 Å². The molecule has 1 rings (SSSR count). The van der Waals surface area contributed by atoms with Crippen LogP contribution in [0, 0.1) is 11.3 Å². The number of nitriles is 1. The highest BCUT2D eigenvalue weighted by Gasteiger charge is 2.06. The van der Waals surface area contributed by atoms with Crippen molar-refractivity contribution in [1.82, 2.24) is 0 Å². The molecular weight excluding hydrogens is 142 g/mol. The molecule has 1 atom stereocenters. The first-order chi connectivity index (χ1) is 4.88. The van der Waals surface area contributed by atoms with Crippen LogP contribution in [-0.2, 0) is 0 Å². The molecule has 0 saturated carbocycles. The number of nitrogens with zero attached hydrogens (tertiary/aromatic N) is 1. The van der Waals surface area contributed by atoms with Crippen molar-refractivity contribution >= 4 is 11.3 Å². The summed E-state index contributed by atoms with van der Waals surface area (Å²) in [6.45, 7) is 2.04. The topological polar surface area (TPSA) is 23.8 Å². The van der Waals surface area contributed by atoms with Crippen molar-refractivity contribution in [2.45, 2.75) is 19.3 Å². The SMILES string of the molecule is CCC(C#N)c1cccs1. The molecule has 0 radical (unpaired) electrons. The maximum Gasteiger partial charge on any atom is 0.0803 e. The van der Waals surface area contributed by atoms with Gasteiger partial charge in [0.05, 0.1) is 12.0 Å². The van der Waals surface area contributed by atoms with Crippen LogP contribution in [0.25, 0.3) is 0 Å². The fraction of sp³-hybridized carbons (Fsp3) is 0.375. The molecule has 1 aromatic heterocycles. The smallest absolute Gasteiger partial charge is 0.0803 e. The van der Waals surface area contributed by atoms with Crippen LogP contribution < -0.4 is 0 Å². The van der Waals surface area contributed by atoms with Crippen molar-refractivity contribution in [1.29, 1.82) is 5.26 Å². The zero-order valence-electron chi connectivity index (χ0n) is 5.87. The van der Waals surface area contributed by atoms with E-state index in [1.807, 2.05) is 24.4 Å². The quantitative estimate of drug-likeness (QED) is 0.637. The van der Waals surface area contributed by atoms with E-state index in [1.54, 1.807) is 11.3 Å². The predicted molar refractivity (Wildman–Crippen MR) is 43.0 cm³/mol. The lowest BCUT2D eigenvalue weighted by Gasteiger charge is -1.99. The standard InChI is InChI=1S/C8H9NS/c1-2-7(6-9)8-4-3-5-10-8/h3-5,7H,2H2,1H3. The summed E-state index contributed by atoms with van der Waals surface area (Å²) in [5.74, 6) is 0.111. The molecule has 1 nitrogen and oxygen atoms in total. The normalized spacial score (nSPS) is 12.4. The molecule has 0 aliphatic rings. The number of rotatable bonds is 2. The average Bonchev–Trinajstić information content (AvgIpc) is 2.43. The molecule has 1 heterocycles. The molecule has 10 heavy (non-hydrogen) atoms. The summed E-state index contributed by atoms with van der Waals surface area (Å²) >= 11 is 1.66. The molecule has 0 aromatic carbocycles. The molecule has 0 aliphatic carbocycles. The van der Waals surface area contributed by atoms with Crippen LogP contribution >= 0.6 is 11.3 Å². The zero-order chi connectivity index (χ0) is 7.40. The highest BCUT2D eigenvalue weighted by Crippen LogP contribution is 2.22. The minimum atomic E-state index is 0.111. The molecule has 0 saturated heterocycles. The van der Waals surface area contributed by atoms with Gasteiger partial charge in [0.25, 0.3) is 0 Å². The number of thiophene rings is 1. The van der Waals surface area contributed by atoms with Crippen molar-refractivity contribution in [3.8, 4) is 6.07 Å². The maximum absolute atomic E-state index is 8.65. The van der Waals surface area contributed by atoms with E-state index < -0.39 is 0 Å². The van der Waals surface area contributed by atoms with Crippen LogP contribution in [0.1, 0.15) is 24.1 Å². The summed E-state index contributed by atoms with van der Waals surface area (Å²) in [6, 6.07) is 6.27. The Hall–Kier alpha value is -0.810. The van der Waals surface area contributed by atoms with Crippen molar-refractivity contribution in [3.05, 3.63) is 22.4 Å². The van der Waals surface area contributed by atoms with Crippen LogP contribution in [-0.4, -0.2) is 0 Å². The van der Waals surface area contributed by atoms with E-state index in [0.717, 1.165) is 6.42 Å². The van der Waals surface area contributed by atoms with Crippen molar-refractivity contribution in [2.75, 3.05) is 0 Å². The van der Waals surface area contributed by atoms with Gasteiger partial charge < -0.3 is 0 Å². The van der Waals surface area contributed by atoms with Crippen molar-refractivity contribution < 1.29 is 0 Å². The second kappa shape index (κ2) is 3.38. The third-order valence-electron chi connectivity index (χ3n) is 1.45. The summed E-state index contributed by atoms with van der Waals surface area (Å²) < 4.78 is 0. The van der Waals surface area contributed by atoms with Crippen LogP contribution in [0.5, 0.6) is 0 Å². The zero-order valence-corrected chi connectivity index (χ0v) is 6.69. The molecule has 2 heteroatoms. The van der Waals surface area contributed by atoms with Crippen molar-refractivity contribution in [2.24, 2.45) is 0 Å². The van der Waals surface area contributed by atoms with Gasteiger partial charge in [0, 0.05) is 4.88 Å². The second-order valence-corrected chi connectivity index (χ2v) is 3.08. The van der Waals surface area contributed by atoms with Gasteiger partial charge in [0.2, 0.25) is 0 Å². The first-order valence-corrected chi connectivity index (χ1v) is 4.19. The first kappa shape index (κ1) is 7.30. The van der Waals surface area contributed by atoms with E-state index in [-0.39, 0.29) is 5.92 Å². The monoisotopic (exact) mass is 151 g/mol. The van der Waals surface area contributed by atoms with E-state index in [2.05, 4.69) is 6.07 Å². The molecule has 0 fully saturated rings. The maximum atomic E-state index is 8.65. The predicted octanol–water partition coefficient (Wildman–Crippen LogP) is 2.77. The fourth-order valence-corrected chi connectivity index (χ4v) is 1.70. The molecule has 0 spiro atoms. The molecule has 0 bridgehead atoms. The summed E-state index contributed by atoms with van der Waals surface area (Å²) in [7, 11) is 0. The molecule has 0 N–H and O–H groups in total.